The Morgan fingerprint density at radius 3 is 2.38 bits per heavy atom. The third-order valence-electron chi connectivity index (χ3n) is 6.54. The summed E-state index contributed by atoms with van der Waals surface area (Å²) in [6, 6.07) is 25.2. The van der Waals surface area contributed by atoms with Crippen molar-refractivity contribution in [1.29, 1.82) is 0 Å². The van der Waals surface area contributed by atoms with Crippen LogP contribution in [0.1, 0.15) is 32.7 Å². The standard InChI is InChI=1S/C29H23N5O2S/c35-27-24-8-4-5-9-25(24)28(36)34(27)15-13-23(16-19-6-2-1-3-7-19)31-29-33-32-26(37-29)21-10-11-22-18-30-14-12-20(22)17-21/h1-12,14,17-18,23H,13,15-16H2,(H,31,33)/t23-/m0/s1. The highest BCUT2D eigenvalue weighted by atomic mass is 32.1. The van der Waals surface area contributed by atoms with Gasteiger partial charge in [-0.3, -0.25) is 19.5 Å². The number of nitrogens with one attached hydrogen (secondary N) is 1. The van der Waals surface area contributed by atoms with Crippen molar-refractivity contribution in [3.05, 3.63) is 108 Å². The molecule has 6 rings (SSSR count). The van der Waals surface area contributed by atoms with Crippen molar-refractivity contribution in [2.75, 3.05) is 11.9 Å². The molecule has 1 atom stereocenters. The average molecular weight is 506 g/mol. The zero-order valence-electron chi connectivity index (χ0n) is 19.9. The van der Waals surface area contributed by atoms with Gasteiger partial charge in [0.05, 0.1) is 11.1 Å². The SMILES string of the molecule is O=C1c2ccccc2C(=O)N1CC[C@@H](Cc1ccccc1)Nc1nnc(-c2ccc3cnccc3c2)s1. The first-order chi connectivity index (χ1) is 18.2. The van der Waals surface area contributed by atoms with Crippen molar-refractivity contribution in [2.24, 2.45) is 0 Å². The Bertz CT molecular complexity index is 1570. The summed E-state index contributed by atoms with van der Waals surface area (Å²) in [6.07, 6.45) is 4.93. The lowest BCUT2D eigenvalue weighted by atomic mass is 10.0. The number of rotatable bonds is 8. The van der Waals surface area contributed by atoms with Crippen molar-refractivity contribution in [3.8, 4) is 10.6 Å². The summed E-state index contributed by atoms with van der Waals surface area (Å²) in [7, 11) is 0. The minimum absolute atomic E-state index is 0.0461. The Hall–Kier alpha value is -4.43. The second-order valence-electron chi connectivity index (χ2n) is 8.98. The van der Waals surface area contributed by atoms with E-state index in [1.54, 1.807) is 30.5 Å². The zero-order chi connectivity index (χ0) is 25.2. The summed E-state index contributed by atoms with van der Waals surface area (Å²) < 4.78 is 0. The number of anilines is 1. The van der Waals surface area contributed by atoms with E-state index in [1.807, 2.05) is 42.6 Å². The lowest BCUT2D eigenvalue weighted by molar-refractivity contribution is 0.0651. The number of hydrogen-bond acceptors (Lipinski definition) is 7. The summed E-state index contributed by atoms with van der Waals surface area (Å²) in [5.74, 6) is -0.465. The Labute approximate surface area is 217 Å². The van der Waals surface area contributed by atoms with Gasteiger partial charge in [0, 0.05) is 35.9 Å². The first kappa shape index (κ1) is 23.0. The molecule has 0 saturated carbocycles. The van der Waals surface area contributed by atoms with Gasteiger partial charge in [0.15, 0.2) is 0 Å². The van der Waals surface area contributed by atoms with Gasteiger partial charge in [0.2, 0.25) is 5.13 Å². The number of carbonyl (C=O) groups excluding carboxylic acids is 2. The maximum absolute atomic E-state index is 12.9. The van der Waals surface area contributed by atoms with Crippen LogP contribution in [-0.2, 0) is 6.42 Å². The number of imide groups is 1. The number of nitrogens with zero attached hydrogens (tertiary/aromatic N) is 4. The first-order valence-corrected chi connectivity index (χ1v) is 12.9. The van der Waals surface area contributed by atoms with Gasteiger partial charge in [-0.15, -0.1) is 10.2 Å². The molecule has 3 heterocycles. The summed E-state index contributed by atoms with van der Waals surface area (Å²) in [6.45, 7) is 0.321. The molecule has 1 N–H and O–H groups in total. The Morgan fingerprint density at radius 2 is 1.59 bits per heavy atom. The Balaban J connectivity index is 1.20. The fraction of sp³-hybridized carbons (Fsp3) is 0.138. The van der Waals surface area contributed by atoms with Gasteiger partial charge in [0.25, 0.3) is 11.8 Å². The molecule has 8 heteroatoms. The Morgan fingerprint density at radius 1 is 0.838 bits per heavy atom. The number of fused-ring (bicyclic) bond motifs is 2. The zero-order valence-corrected chi connectivity index (χ0v) is 20.7. The monoisotopic (exact) mass is 505 g/mol. The molecule has 182 valence electrons. The van der Waals surface area contributed by atoms with E-state index in [0.717, 1.165) is 33.3 Å². The number of hydrogen-bond donors (Lipinski definition) is 1. The van der Waals surface area contributed by atoms with E-state index >= 15 is 0 Å². The third kappa shape index (κ3) is 4.71. The fourth-order valence-corrected chi connectivity index (χ4v) is 5.46. The second-order valence-corrected chi connectivity index (χ2v) is 9.95. The Kier molecular flexibility index (Phi) is 6.16. The van der Waals surface area contributed by atoms with Gasteiger partial charge in [-0.2, -0.15) is 0 Å². The molecule has 1 aliphatic heterocycles. The van der Waals surface area contributed by atoms with Crippen LogP contribution in [0.25, 0.3) is 21.3 Å². The van der Waals surface area contributed by atoms with Crippen LogP contribution in [0.2, 0.25) is 0 Å². The second kappa shape index (κ2) is 9.91. The molecule has 2 amide bonds. The molecule has 0 bridgehead atoms. The van der Waals surface area contributed by atoms with Crippen LogP contribution in [0, 0.1) is 0 Å². The smallest absolute Gasteiger partial charge is 0.261 e. The quantitative estimate of drug-likeness (QED) is 0.282. The molecule has 0 spiro atoms. The van der Waals surface area contributed by atoms with Crippen LogP contribution in [0.5, 0.6) is 0 Å². The minimum Gasteiger partial charge on any atom is -0.357 e. The van der Waals surface area contributed by atoms with E-state index in [2.05, 4.69) is 38.7 Å². The minimum atomic E-state index is -0.233. The molecule has 3 aromatic carbocycles. The van der Waals surface area contributed by atoms with E-state index in [0.29, 0.717) is 29.2 Å². The molecular weight excluding hydrogens is 482 g/mol. The molecule has 0 unspecified atom stereocenters. The maximum Gasteiger partial charge on any atom is 0.261 e. The van der Waals surface area contributed by atoms with Crippen molar-refractivity contribution < 1.29 is 9.59 Å². The molecule has 2 aromatic heterocycles. The highest BCUT2D eigenvalue weighted by Crippen LogP contribution is 2.30. The maximum atomic E-state index is 12.9. The predicted molar refractivity (Wildman–Crippen MR) is 145 cm³/mol. The van der Waals surface area contributed by atoms with E-state index in [-0.39, 0.29) is 17.9 Å². The lowest BCUT2D eigenvalue weighted by Gasteiger charge is -2.21. The van der Waals surface area contributed by atoms with Crippen LogP contribution in [-0.4, -0.2) is 44.5 Å². The number of carbonyl (C=O) groups is 2. The molecule has 37 heavy (non-hydrogen) atoms. The van der Waals surface area contributed by atoms with Crippen molar-refractivity contribution in [3.63, 3.8) is 0 Å². The lowest BCUT2D eigenvalue weighted by Crippen LogP contribution is -2.35. The van der Waals surface area contributed by atoms with E-state index < -0.39 is 0 Å². The fourth-order valence-electron chi connectivity index (χ4n) is 4.64. The van der Waals surface area contributed by atoms with Gasteiger partial charge in [-0.1, -0.05) is 65.9 Å². The van der Waals surface area contributed by atoms with Crippen molar-refractivity contribution >= 4 is 39.1 Å². The van der Waals surface area contributed by atoms with E-state index in [1.165, 1.54) is 16.2 Å². The summed E-state index contributed by atoms with van der Waals surface area (Å²) in [5.41, 5.74) is 3.10. The number of amides is 2. The van der Waals surface area contributed by atoms with Crippen LogP contribution in [0.4, 0.5) is 5.13 Å². The van der Waals surface area contributed by atoms with Crippen molar-refractivity contribution in [1.82, 2.24) is 20.1 Å². The van der Waals surface area contributed by atoms with E-state index in [4.69, 9.17) is 0 Å². The van der Waals surface area contributed by atoms with Crippen LogP contribution in [0.3, 0.4) is 0 Å². The molecular formula is C29H23N5O2S. The number of pyridine rings is 1. The molecule has 0 saturated heterocycles. The number of aromatic nitrogens is 3. The highest BCUT2D eigenvalue weighted by Gasteiger charge is 2.35. The number of benzene rings is 3. The molecule has 0 radical (unpaired) electrons. The van der Waals surface area contributed by atoms with Gasteiger partial charge >= 0.3 is 0 Å². The third-order valence-corrected chi connectivity index (χ3v) is 7.45. The van der Waals surface area contributed by atoms with E-state index in [9.17, 15) is 9.59 Å². The van der Waals surface area contributed by atoms with Gasteiger partial charge in [0.1, 0.15) is 5.01 Å². The van der Waals surface area contributed by atoms with Crippen LogP contribution >= 0.6 is 11.3 Å². The van der Waals surface area contributed by atoms with Crippen LogP contribution < -0.4 is 5.32 Å². The molecule has 1 aliphatic rings. The van der Waals surface area contributed by atoms with Crippen molar-refractivity contribution in [2.45, 2.75) is 18.9 Å². The normalized spacial score (nSPS) is 13.7. The summed E-state index contributed by atoms with van der Waals surface area (Å²) in [5, 5.41) is 16.0. The predicted octanol–water partition coefficient (Wildman–Crippen LogP) is 5.46. The molecule has 0 aliphatic carbocycles. The van der Waals surface area contributed by atoms with Crippen LogP contribution in [0.15, 0.2) is 91.3 Å². The topological polar surface area (TPSA) is 88.1 Å². The van der Waals surface area contributed by atoms with Gasteiger partial charge in [-0.25, -0.2) is 0 Å². The van der Waals surface area contributed by atoms with Gasteiger partial charge in [-0.05, 0) is 48.1 Å². The average Bonchev–Trinajstić information content (AvgIpc) is 3.50. The highest BCUT2D eigenvalue weighted by molar-refractivity contribution is 7.18. The van der Waals surface area contributed by atoms with Gasteiger partial charge < -0.3 is 5.32 Å². The summed E-state index contributed by atoms with van der Waals surface area (Å²) >= 11 is 1.49. The first-order valence-electron chi connectivity index (χ1n) is 12.1. The molecule has 7 nitrogen and oxygen atoms in total. The molecule has 0 fully saturated rings. The largest absolute Gasteiger partial charge is 0.357 e. The summed E-state index contributed by atoms with van der Waals surface area (Å²) in [4.78, 5) is 31.2. The molecule has 5 aromatic rings.